The van der Waals surface area contributed by atoms with Gasteiger partial charge in [0.05, 0.1) is 0 Å². The van der Waals surface area contributed by atoms with Gasteiger partial charge in [-0.25, -0.2) is 0 Å². The topological polar surface area (TPSA) is 0 Å². The second-order valence-corrected chi connectivity index (χ2v) is 3.10. The maximum atomic E-state index is 2.48. The lowest BCUT2D eigenvalue weighted by Crippen LogP contribution is -2.08. The van der Waals surface area contributed by atoms with Crippen molar-refractivity contribution in [3.63, 3.8) is 0 Å². The predicted octanol–water partition coefficient (Wildman–Crippen LogP) is 2.79. The third kappa shape index (κ3) is 1.04. The van der Waals surface area contributed by atoms with Gasteiger partial charge in [-0.3, -0.25) is 0 Å². The first-order chi connectivity index (χ1) is 3.77. The molecule has 1 aliphatic rings. The average Bonchev–Trinajstić information content (AvgIpc) is 2.17. The Labute approximate surface area is 52.3 Å². The Morgan fingerprint density at radius 3 is 2.62 bits per heavy atom. The van der Waals surface area contributed by atoms with Crippen LogP contribution in [0.3, 0.4) is 0 Å². The Bertz CT molecular complexity index is 68.1. The minimum atomic E-state index is 0.611. The second-order valence-electron chi connectivity index (χ2n) is 3.10. The molecule has 1 fully saturated rings. The standard InChI is InChI=1S/C8H15/c1-3-8(2)6-4-5-7-8/h6H,3-5,7H2,1-2H3. The van der Waals surface area contributed by atoms with E-state index in [-0.39, 0.29) is 0 Å². The molecule has 0 heterocycles. The summed E-state index contributed by atoms with van der Waals surface area (Å²) in [7, 11) is 0. The van der Waals surface area contributed by atoms with Crippen molar-refractivity contribution in [3.8, 4) is 0 Å². The van der Waals surface area contributed by atoms with Gasteiger partial charge in [-0.05, 0) is 24.7 Å². The van der Waals surface area contributed by atoms with Gasteiger partial charge < -0.3 is 0 Å². The minimum Gasteiger partial charge on any atom is -0.0649 e. The van der Waals surface area contributed by atoms with Gasteiger partial charge in [-0.15, -0.1) is 0 Å². The van der Waals surface area contributed by atoms with Crippen molar-refractivity contribution >= 4 is 0 Å². The molecule has 1 saturated carbocycles. The van der Waals surface area contributed by atoms with E-state index in [0.717, 1.165) is 0 Å². The van der Waals surface area contributed by atoms with Crippen LogP contribution in [0.4, 0.5) is 0 Å². The molecule has 1 radical (unpaired) electrons. The molecule has 0 aromatic carbocycles. The van der Waals surface area contributed by atoms with E-state index in [1.807, 2.05) is 0 Å². The van der Waals surface area contributed by atoms with Gasteiger partial charge in [0.25, 0.3) is 0 Å². The quantitative estimate of drug-likeness (QED) is 0.488. The van der Waals surface area contributed by atoms with Crippen molar-refractivity contribution in [1.82, 2.24) is 0 Å². The van der Waals surface area contributed by atoms with Gasteiger partial charge >= 0.3 is 0 Å². The van der Waals surface area contributed by atoms with Gasteiger partial charge in [-0.2, -0.15) is 0 Å². The lowest BCUT2D eigenvalue weighted by Gasteiger charge is -2.19. The van der Waals surface area contributed by atoms with Crippen LogP contribution in [-0.4, -0.2) is 0 Å². The van der Waals surface area contributed by atoms with Crippen LogP contribution in [0.15, 0.2) is 0 Å². The molecule has 0 N–H and O–H groups in total. The fraction of sp³-hybridized carbons (Fsp3) is 0.875. The van der Waals surface area contributed by atoms with Crippen LogP contribution in [0.1, 0.15) is 39.5 Å². The smallest absolute Gasteiger partial charge is 0.0297 e. The summed E-state index contributed by atoms with van der Waals surface area (Å²) in [5.74, 6) is 0. The van der Waals surface area contributed by atoms with Gasteiger partial charge in [0.1, 0.15) is 0 Å². The Hall–Kier alpha value is 0. The molecule has 1 unspecified atom stereocenters. The van der Waals surface area contributed by atoms with E-state index in [1.165, 1.54) is 25.7 Å². The number of hydrogen-bond donors (Lipinski definition) is 0. The SMILES string of the molecule is CCC1(C)[CH]CCC1. The maximum absolute atomic E-state index is 2.48. The van der Waals surface area contributed by atoms with E-state index in [1.54, 1.807) is 0 Å². The molecule has 8 heavy (non-hydrogen) atoms. The van der Waals surface area contributed by atoms with Crippen molar-refractivity contribution in [3.05, 3.63) is 6.42 Å². The summed E-state index contributed by atoms with van der Waals surface area (Å²) >= 11 is 0. The fourth-order valence-electron chi connectivity index (χ4n) is 1.38. The molecule has 1 rings (SSSR count). The molecular formula is C8H15. The number of rotatable bonds is 1. The Balaban J connectivity index is 2.40. The molecule has 1 aliphatic carbocycles. The van der Waals surface area contributed by atoms with Crippen LogP contribution in [0.5, 0.6) is 0 Å². The first kappa shape index (κ1) is 6.12. The molecule has 0 heteroatoms. The summed E-state index contributed by atoms with van der Waals surface area (Å²) in [5, 5.41) is 0. The maximum Gasteiger partial charge on any atom is -0.0297 e. The Morgan fingerprint density at radius 2 is 2.38 bits per heavy atom. The summed E-state index contributed by atoms with van der Waals surface area (Å²) in [6.45, 7) is 4.64. The van der Waals surface area contributed by atoms with E-state index in [0.29, 0.717) is 5.41 Å². The van der Waals surface area contributed by atoms with Gasteiger partial charge in [0.2, 0.25) is 0 Å². The van der Waals surface area contributed by atoms with E-state index < -0.39 is 0 Å². The second kappa shape index (κ2) is 2.08. The summed E-state index contributed by atoms with van der Waals surface area (Å²) in [6, 6.07) is 0. The molecule has 0 spiro atoms. The van der Waals surface area contributed by atoms with E-state index in [9.17, 15) is 0 Å². The third-order valence-corrected chi connectivity index (χ3v) is 2.40. The van der Waals surface area contributed by atoms with E-state index in [4.69, 9.17) is 0 Å². The number of hydrogen-bond acceptors (Lipinski definition) is 0. The van der Waals surface area contributed by atoms with Crippen molar-refractivity contribution in [2.45, 2.75) is 39.5 Å². The largest absolute Gasteiger partial charge is 0.0649 e. The molecule has 0 aromatic rings. The fourth-order valence-corrected chi connectivity index (χ4v) is 1.38. The normalized spacial score (nSPS) is 26.2. The van der Waals surface area contributed by atoms with Crippen molar-refractivity contribution in [2.24, 2.45) is 5.41 Å². The monoisotopic (exact) mass is 111 g/mol. The van der Waals surface area contributed by atoms with E-state index >= 15 is 0 Å². The van der Waals surface area contributed by atoms with Crippen LogP contribution < -0.4 is 0 Å². The molecule has 0 aliphatic heterocycles. The summed E-state index contributed by atoms with van der Waals surface area (Å²) in [4.78, 5) is 0. The van der Waals surface area contributed by atoms with Crippen LogP contribution in [0.25, 0.3) is 0 Å². The first-order valence-electron chi connectivity index (χ1n) is 3.61. The molecule has 0 amide bonds. The first-order valence-corrected chi connectivity index (χ1v) is 3.61. The van der Waals surface area contributed by atoms with Gasteiger partial charge in [0, 0.05) is 0 Å². The summed E-state index contributed by atoms with van der Waals surface area (Å²) in [6.07, 6.45) is 8.00. The highest BCUT2D eigenvalue weighted by atomic mass is 14.3. The molecule has 0 nitrogen and oxygen atoms in total. The lowest BCUT2D eigenvalue weighted by molar-refractivity contribution is 0.390. The van der Waals surface area contributed by atoms with Crippen molar-refractivity contribution in [1.29, 1.82) is 0 Å². The summed E-state index contributed by atoms with van der Waals surface area (Å²) in [5.41, 5.74) is 0.611. The zero-order valence-corrected chi connectivity index (χ0v) is 5.91. The zero-order chi connectivity index (χ0) is 6.04. The van der Waals surface area contributed by atoms with Gasteiger partial charge in [-0.1, -0.05) is 26.7 Å². The molecule has 47 valence electrons. The molecular weight excluding hydrogens is 96.1 g/mol. The zero-order valence-electron chi connectivity index (χ0n) is 5.91. The highest BCUT2D eigenvalue weighted by molar-refractivity contribution is 4.93. The molecule has 1 atom stereocenters. The average molecular weight is 111 g/mol. The molecule has 0 bridgehead atoms. The van der Waals surface area contributed by atoms with Crippen molar-refractivity contribution in [2.75, 3.05) is 0 Å². The van der Waals surface area contributed by atoms with Crippen LogP contribution in [-0.2, 0) is 0 Å². The third-order valence-electron chi connectivity index (χ3n) is 2.40. The Morgan fingerprint density at radius 1 is 1.62 bits per heavy atom. The molecule has 0 aromatic heterocycles. The minimum absolute atomic E-state index is 0.611. The highest BCUT2D eigenvalue weighted by Crippen LogP contribution is 2.38. The van der Waals surface area contributed by atoms with Crippen molar-refractivity contribution < 1.29 is 0 Å². The van der Waals surface area contributed by atoms with Crippen LogP contribution in [0, 0.1) is 11.8 Å². The van der Waals surface area contributed by atoms with E-state index in [2.05, 4.69) is 20.3 Å². The predicted molar refractivity (Wildman–Crippen MR) is 36.5 cm³/mol. The molecule has 0 saturated heterocycles. The highest BCUT2D eigenvalue weighted by Gasteiger charge is 2.25. The van der Waals surface area contributed by atoms with Crippen LogP contribution in [0.2, 0.25) is 0 Å². The Kier molecular flexibility index (Phi) is 1.59. The summed E-state index contributed by atoms with van der Waals surface area (Å²) < 4.78 is 0. The lowest BCUT2D eigenvalue weighted by atomic mass is 9.86. The van der Waals surface area contributed by atoms with Crippen LogP contribution >= 0.6 is 0 Å². The van der Waals surface area contributed by atoms with Gasteiger partial charge in [0.15, 0.2) is 0 Å².